The first-order valence-electron chi connectivity index (χ1n) is 7.16. The molecule has 0 unspecified atom stereocenters. The summed E-state index contributed by atoms with van der Waals surface area (Å²) in [6.45, 7) is 4.39. The summed E-state index contributed by atoms with van der Waals surface area (Å²) >= 11 is 1.79. The number of amides is 1. The second-order valence-corrected chi connectivity index (χ2v) is 6.30. The number of carbonyl (C=O) groups excluding carboxylic acids is 1. The summed E-state index contributed by atoms with van der Waals surface area (Å²) in [5, 5.41) is 4.39. The minimum absolute atomic E-state index is 0.100. The summed E-state index contributed by atoms with van der Waals surface area (Å²) in [4.78, 5) is 18.1. The van der Waals surface area contributed by atoms with Crippen LogP contribution in [0.5, 0.6) is 0 Å². The van der Waals surface area contributed by atoms with Crippen molar-refractivity contribution in [2.45, 2.75) is 13.8 Å². The van der Waals surface area contributed by atoms with Crippen molar-refractivity contribution in [2.75, 3.05) is 23.0 Å². The van der Waals surface area contributed by atoms with Crippen LogP contribution in [0.15, 0.2) is 24.7 Å². The molecule has 0 spiro atoms. The molecule has 3 heterocycles. The molecule has 7 heteroatoms. The quantitative estimate of drug-likeness (QED) is 0.868. The average molecular weight is 320 g/mol. The molecule has 22 heavy (non-hydrogen) atoms. The third-order valence-corrected chi connectivity index (χ3v) is 4.96. The van der Waals surface area contributed by atoms with Crippen molar-refractivity contribution in [3.8, 4) is 5.69 Å². The molecule has 0 radical (unpaired) electrons. The highest BCUT2D eigenvalue weighted by molar-refractivity contribution is 8.00. The zero-order valence-electron chi connectivity index (χ0n) is 12.5. The van der Waals surface area contributed by atoms with E-state index >= 15 is 0 Å². The first kappa shape index (κ1) is 15.0. The highest BCUT2D eigenvalue weighted by atomic mass is 32.2. The molecule has 3 rings (SSSR count). The molecule has 0 bridgehead atoms. The van der Waals surface area contributed by atoms with Gasteiger partial charge in [0.25, 0.3) is 0 Å². The Morgan fingerprint density at radius 3 is 2.86 bits per heavy atom. The van der Waals surface area contributed by atoms with Crippen LogP contribution in [0.3, 0.4) is 0 Å². The molecular formula is C15H17FN4OS. The van der Waals surface area contributed by atoms with Gasteiger partial charge < -0.3 is 4.90 Å². The number of anilines is 1. The van der Waals surface area contributed by atoms with Gasteiger partial charge in [-0.2, -0.15) is 16.9 Å². The fourth-order valence-electron chi connectivity index (χ4n) is 2.42. The van der Waals surface area contributed by atoms with Crippen molar-refractivity contribution in [3.05, 3.63) is 36.2 Å². The van der Waals surface area contributed by atoms with Gasteiger partial charge in [-0.1, -0.05) is 0 Å². The van der Waals surface area contributed by atoms with Gasteiger partial charge in [0.15, 0.2) is 0 Å². The monoisotopic (exact) mass is 320 g/mol. The van der Waals surface area contributed by atoms with E-state index in [0.717, 1.165) is 29.1 Å². The van der Waals surface area contributed by atoms with E-state index < -0.39 is 5.82 Å². The number of nitrogens with zero attached hydrogens (tertiary/aromatic N) is 4. The Morgan fingerprint density at radius 2 is 2.27 bits per heavy atom. The average Bonchev–Trinajstić information content (AvgIpc) is 2.80. The number of hydrogen-bond donors (Lipinski definition) is 0. The predicted octanol–water partition coefficient (Wildman–Crippen LogP) is 2.43. The standard InChI is InChI=1S/C15H17FN4OS/c1-3-19(15(21)11-8-22-9-11)14-7-20(18-10(14)2)13-4-12(16)5-17-6-13/h4-7,11H,3,8-9H2,1-2H3. The minimum atomic E-state index is -0.415. The van der Waals surface area contributed by atoms with Crippen molar-refractivity contribution in [3.63, 3.8) is 0 Å². The number of aryl methyl sites for hydroxylation is 1. The van der Waals surface area contributed by atoms with Gasteiger partial charge in [0, 0.05) is 24.1 Å². The number of rotatable bonds is 4. The Morgan fingerprint density at radius 1 is 1.50 bits per heavy atom. The molecule has 1 aliphatic heterocycles. The molecule has 0 aliphatic carbocycles. The number of halogens is 1. The van der Waals surface area contributed by atoms with Crippen LogP contribution in [0.1, 0.15) is 12.6 Å². The van der Waals surface area contributed by atoms with Gasteiger partial charge in [-0.3, -0.25) is 9.78 Å². The Balaban J connectivity index is 1.92. The number of thioether (sulfide) groups is 1. The molecular weight excluding hydrogens is 303 g/mol. The summed E-state index contributed by atoms with van der Waals surface area (Å²) in [5.41, 5.74) is 2.05. The molecule has 1 aliphatic rings. The lowest BCUT2D eigenvalue weighted by atomic mass is 10.1. The molecule has 2 aromatic rings. The van der Waals surface area contributed by atoms with Gasteiger partial charge in [-0.15, -0.1) is 0 Å². The van der Waals surface area contributed by atoms with E-state index in [2.05, 4.69) is 10.1 Å². The van der Waals surface area contributed by atoms with Crippen LogP contribution in [0, 0.1) is 18.7 Å². The zero-order valence-corrected chi connectivity index (χ0v) is 13.3. The highest BCUT2D eigenvalue weighted by Crippen LogP contribution is 2.29. The second kappa shape index (κ2) is 6.08. The van der Waals surface area contributed by atoms with Crippen LogP contribution in [-0.4, -0.2) is 38.7 Å². The number of carbonyl (C=O) groups is 1. The van der Waals surface area contributed by atoms with Crippen LogP contribution in [0.4, 0.5) is 10.1 Å². The molecule has 1 fully saturated rings. The molecule has 0 aromatic carbocycles. The van der Waals surface area contributed by atoms with Crippen LogP contribution in [0.25, 0.3) is 5.69 Å². The molecule has 1 saturated heterocycles. The van der Waals surface area contributed by atoms with Crippen molar-refractivity contribution in [1.82, 2.24) is 14.8 Å². The normalized spacial score (nSPS) is 14.7. The van der Waals surface area contributed by atoms with E-state index in [9.17, 15) is 9.18 Å². The van der Waals surface area contributed by atoms with Crippen LogP contribution in [0.2, 0.25) is 0 Å². The van der Waals surface area contributed by atoms with Crippen LogP contribution >= 0.6 is 11.8 Å². The summed E-state index contributed by atoms with van der Waals surface area (Å²) in [6, 6.07) is 1.36. The van der Waals surface area contributed by atoms with Crippen molar-refractivity contribution in [1.29, 1.82) is 0 Å². The van der Waals surface area contributed by atoms with E-state index in [1.165, 1.54) is 6.07 Å². The lowest BCUT2D eigenvalue weighted by Gasteiger charge is -2.30. The van der Waals surface area contributed by atoms with Crippen LogP contribution < -0.4 is 4.90 Å². The van der Waals surface area contributed by atoms with Crippen molar-refractivity contribution in [2.24, 2.45) is 5.92 Å². The first-order valence-corrected chi connectivity index (χ1v) is 8.32. The number of aromatic nitrogens is 3. The second-order valence-electron chi connectivity index (χ2n) is 5.22. The summed E-state index contributed by atoms with van der Waals surface area (Å²) in [6.07, 6.45) is 4.45. The maximum atomic E-state index is 13.3. The minimum Gasteiger partial charge on any atom is -0.309 e. The van der Waals surface area contributed by atoms with E-state index in [1.54, 1.807) is 33.7 Å². The third kappa shape index (κ3) is 2.72. The molecule has 1 amide bonds. The van der Waals surface area contributed by atoms with Gasteiger partial charge in [0.2, 0.25) is 5.91 Å². The fraction of sp³-hybridized carbons (Fsp3) is 0.400. The Hall–Kier alpha value is -1.89. The largest absolute Gasteiger partial charge is 0.309 e. The van der Waals surface area contributed by atoms with Gasteiger partial charge in [-0.25, -0.2) is 9.07 Å². The Bertz CT molecular complexity index is 699. The van der Waals surface area contributed by atoms with E-state index in [1.807, 2.05) is 13.8 Å². The van der Waals surface area contributed by atoms with Crippen molar-refractivity contribution >= 4 is 23.4 Å². The lowest BCUT2D eigenvalue weighted by Crippen LogP contribution is -2.41. The molecule has 0 atom stereocenters. The van der Waals surface area contributed by atoms with E-state index in [-0.39, 0.29) is 11.8 Å². The number of pyridine rings is 1. The van der Waals surface area contributed by atoms with Gasteiger partial charge in [0.05, 0.1) is 41.6 Å². The molecule has 2 aromatic heterocycles. The first-order chi connectivity index (χ1) is 10.6. The SMILES string of the molecule is CCN(C(=O)C1CSC1)c1cn(-c2cncc(F)c2)nc1C. The molecule has 5 nitrogen and oxygen atoms in total. The topological polar surface area (TPSA) is 51.0 Å². The van der Waals surface area contributed by atoms with Crippen molar-refractivity contribution < 1.29 is 9.18 Å². The van der Waals surface area contributed by atoms with Gasteiger partial charge in [-0.05, 0) is 13.8 Å². The maximum absolute atomic E-state index is 13.3. The highest BCUT2D eigenvalue weighted by Gasteiger charge is 2.31. The zero-order chi connectivity index (χ0) is 15.7. The number of hydrogen-bond acceptors (Lipinski definition) is 4. The third-order valence-electron chi connectivity index (χ3n) is 3.69. The van der Waals surface area contributed by atoms with E-state index in [0.29, 0.717) is 12.2 Å². The Labute approximate surface area is 132 Å². The van der Waals surface area contributed by atoms with E-state index in [4.69, 9.17) is 0 Å². The van der Waals surface area contributed by atoms with Crippen LogP contribution in [-0.2, 0) is 4.79 Å². The smallest absolute Gasteiger partial charge is 0.231 e. The maximum Gasteiger partial charge on any atom is 0.231 e. The summed E-state index contributed by atoms with van der Waals surface area (Å²) in [7, 11) is 0. The van der Waals surface area contributed by atoms with Gasteiger partial charge in [0.1, 0.15) is 5.82 Å². The molecule has 0 saturated carbocycles. The molecule has 116 valence electrons. The summed E-state index contributed by atoms with van der Waals surface area (Å²) < 4.78 is 14.9. The lowest BCUT2D eigenvalue weighted by molar-refractivity contribution is -0.121. The summed E-state index contributed by atoms with van der Waals surface area (Å²) in [5.74, 6) is 1.60. The predicted molar refractivity (Wildman–Crippen MR) is 84.9 cm³/mol. The Kier molecular flexibility index (Phi) is 4.15. The molecule has 0 N–H and O–H groups in total. The fourth-order valence-corrected chi connectivity index (χ4v) is 3.17. The van der Waals surface area contributed by atoms with Gasteiger partial charge >= 0.3 is 0 Å².